The second-order valence-corrected chi connectivity index (χ2v) is 21.2. The average Bonchev–Trinajstić information content (AvgIpc) is 3.65. The molecule has 3 aliphatic carbocycles. The lowest BCUT2D eigenvalue weighted by atomic mass is 9.59. The van der Waals surface area contributed by atoms with Crippen molar-refractivity contribution in [3.05, 3.63) is 154 Å². The number of hydrogen-bond acceptors (Lipinski definition) is 10. The Labute approximate surface area is 418 Å². The Balaban J connectivity index is 1.02. The Kier molecular flexibility index (Phi) is 16.6. The lowest BCUT2D eigenvalue weighted by molar-refractivity contribution is -0.174. The number of phosphoric ester groups is 1. The molecule has 11 nitrogen and oxygen atoms in total. The molecule has 1 saturated carbocycles. The monoisotopic (exact) mass is 1020 g/mol. The van der Waals surface area contributed by atoms with Gasteiger partial charge in [-0.3, -0.25) is 28.2 Å². The molecule has 71 heavy (non-hydrogen) atoms. The quantitative estimate of drug-likeness (QED) is 0.0423. The van der Waals surface area contributed by atoms with E-state index in [4.69, 9.17) is 39.4 Å². The van der Waals surface area contributed by atoms with Crippen molar-refractivity contribution in [3.8, 4) is 11.5 Å². The molecular formula is C55H61ClF3N2O9P. The molecule has 4 aromatic carbocycles. The van der Waals surface area contributed by atoms with E-state index in [0.29, 0.717) is 42.4 Å². The molecule has 1 fully saturated rings. The molecule has 5 aromatic rings. The molecule has 16 heteroatoms. The first-order valence-corrected chi connectivity index (χ1v) is 26.2. The van der Waals surface area contributed by atoms with Crippen LogP contribution in [-0.4, -0.2) is 55.5 Å². The zero-order valence-electron chi connectivity index (χ0n) is 40.3. The SMILES string of the molecule is COC(=O)C1(N(C(=O)C(F)(F)F)c2cccc(Cl)c2)CCC2(CC1)c1cc(OCCCOP(=O)(OCc3ccccc3)OCc3ccccc3)ccc1C[C@@H]2C[C@@H](C)COc1ccnc2c1[C@H](C)CCC2. The summed E-state index contributed by atoms with van der Waals surface area (Å²) in [5.74, 6) is -1.29. The number of carbonyl (C=O) groups excluding carboxylic acids is 2. The topological polar surface area (TPSA) is 123 Å². The van der Waals surface area contributed by atoms with E-state index in [2.05, 4.69) is 18.8 Å². The molecule has 378 valence electrons. The van der Waals surface area contributed by atoms with E-state index in [0.717, 1.165) is 60.1 Å². The molecule has 1 aromatic heterocycles. The number of pyridine rings is 1. The van der Waals surface area contributed by atoms with E-state index in [9.17, 15) is 27.3 Å². The van der Waals surface area contributed by atoms with Crippen LogP contribution in [0, 0.1) is 11.8 Å². The van der Waals surface area contributed by atoms with Crippen molar-refractivity contribution < 1.29 is 55.1 Å². The van der Waals surface area contributed by atoms with Crippen LogP contribution in [0.4, 0.5) is 18.9 Å². The fraction of sp³-hybridized carbons (Fsp3) is 0.436. The fourth-order valence-electron chi connectivity index (χ4n) is 10.9. The summed E-state index contributed by atoms with van der Waals surface area (Å²) in [6, 6.07) is 32.1. The highest BCUT2D eigenvalue weighted by Gasteiger charge is 2.60. The van der Waals surface area contributed by atoms with Crippen LogP contribution in [0.25, 0.3) is 0 Å². The predicted octanol–water partition coefficient (Wildman–Crippen LogP) is 13.1. The van der Waals surface area contributed by atoms with Crippen molar-refractivity contribution in [1.29, 1.82) is 0 Å². The van der Waals surface area contributed by atoms with Crippen molar-refractivity contribution in [2.24, 2.45) is 11.8 Å². The van der Waals surface area contributed by atoms with Crippen molar-refractivity contribution in [3.63, 3.8) is 0 Å². The number of nitrogens with zero attached hydrogens (tertiary/aromatic N) is 2. The number of amides is 1. The van der Waals surface area contributed by atoms with Crippen molar-refractivity contribution >= 4 is 37.0 Å². The molecule has 1 amide bonds. The second-order valence-electron chi connectivity index (χ2n) is 19.1. The normalized spacial score (nSPS) is 21.2. The molecule has 1 heterocycles. The number of alkyl halides is 3. The van der Waals surface area contributed by atoms with Crippen LogP contribution in [0.2, 0.25) is 5.02 Å². The summed E-state index contributed by atoms with van der Waals surface area (Å²) in [4.78, 5) is 32.8. The number of aryl methyl sites for hydroxylation is 1. The summed E-state index contributed by atoms with van der Waals surface area (Å²) in [5, 5.41) is 0.110. The van der Waals surface area contributed by atoms with E-state index < -0.39 is 36.8 Å². The van der Waals surface area contributed by atoms with Gasteiger partial charge < -0.3 is 14.2 Å². The maximum atomic E-state index is 14.6. The maximum absolute atomic E-state index is 14.6. The third kappa shape index (κ3) is 12.0. The third-order valence-corrected chi connectivity index (χ3v) is 16.0. The number of methoxy groups -OCH3 is 1. The van der Waals surface area contributed by atoms with Crippen LogP contribution in [0.15, 0.2) is 115 Å². The first-order valence-electron chi connectivity index (χ1n) is 24.4. The van der Waals surface area contributed by atoms with Crippen molar-refractivity contribution in [2.45, 2.75) is 114 Å². The van der Waals surface area contributed by atoms with Crippen LogP contribution in [0.5, 0.6) is 11.5 Å². The molecule has 0 unspecified atom stereocenters. The first kappa shape index (κ1) is 52.1. The van der Waals surface area contributed by atoms with Gasteiger partial charge >= 0.3 is 25.9 Å². The molecule has 0 saturated heterocycles. The second kappa shape index (κ2) is 22.7. The minimum Gasteiger partial charge on any atom is -0.493 e. The number of aromatic nitrogens is 1. The Hall–Kier alpha value is -5.24. The number of carbonyl (C=O) groups is 2. The predicted molar refractivity (Wildman–Crippen MR) is 265 cm³/mol. The van der Waals surface area contributed by atoms with Gasteiger partial charge in [0, 0.05) is 34.6 Å². The molecule has 1 spiro atoms. The molecule has 3 aliphatic rings. The summed E-state index contributed by atoms with van der Waals surface area (Å²) in [5.41, 5.74) is 3.18. The van der Waals surface area contributed by atoms with Gasteiger partial charge in [0.25, 0.3) is 0 Å². The average molecular weight is 1020 g/mol. The lowest BCUT2D eigenvalue weighted by Crippen LogP contribution is -2.63. The zero-order valence-corrected chi connectivity index (χ0v) is 42.0. The molecular weight excluding hydrogens is 956 g/mol. The highest BCUT2D eigenvalue weighted by molar-refractivity contribution is 7.48. The van der Waals surface area contributed by atoms with Gasteiger partial charge in [-0.1, -0.05) is 98.2 Å². The summed E-state index contributed by atoms with van der Waals surface area (Å²) < 4.78 is 93.2. The summed E-state index contributed by atoms with van der Waals surface area (Å²) in [6.07, 6.45) is 1.62. The minimum atomic E-state index is -5.30. The largest absolute Gasteiger partial charge is 0.493 e. The molecule has 0 N–H and O–H groups in total. The van der Waals surface area contributed by atoms with Gasteiger partial charge in [-0.05, 0) is 140 Å². The highest BCUT2D eigenvalue weighted by Crippen LogP contribution is 2.58. The summed E-state index contributed by atoms with van der Waals surface area (Å²) in [6.45, 7) is 5.05. The van der Waals surface area contributed by atoms with Crippen molar-refractivity contribution in [1.82, 2.24) is 4.98 Å². The lowest BCUT2D eigenvalue weighted by Gasteiger charge is -2.51. The number of phosphoric acid groups is 1. The Morgan fingerprint density at radius 2 is 1.55 bits per heavy atom. The first-order chi connectivity index (χ1) is 34.1. The molecule has 0 radical (unpaired) electrons. The number of rotatable bonds is 20. The zero-order chi connectivity index (χ0) is 50.2. The fourth-order valence-corrected chi connectivity index (χ4v) is 12.3. The Morgan fingerprint density at radius 1 is 0.859 bits per heavy atom. The molecule has 3 atom stereocenters. The van der Waals surface area contributed by atoms with Crippen LogP contribution >= 0.6 is 19.4 Å². The Morgan fingerprint density at radius 3 is 2.20 bits per heavy atom. The van der Waals surface area contributed by atoms with Gasteiger partial charge in [0.05, 0.1) is 40.1 Å². The highest BCUT2D eigenvalue weighted by atomic mass is 35.5. The molecule has 0 bridgehead atoms. The Bertz CT molecular complexity index is 2620. The number of anilines is 1. The number of esters is 1. The van der Waals surface area contributed by atoms with Crippen LogP contribution in [0.3, 0.4) is 0 Å². The smallest absolute Gasteiger partial charge is 0.475 e. The summed E-state index contributed by atoms with van der Waals surface area (Å²) >= 11 is 6.30. The van der Waals surface area contributed by atoms with E-state index in [-0.39, 0.29) is 74.7 Å². The van der Waals surface area contributed by atoms with Crippen LogP contribution < -0.4 is 14.4 Å². The number of halogens is 4. The van der Waals surface area contributed by atoms with Crippen molar-refractivity contribution in [2.75, 3.05) is 31.8 Å². The van der Waals surface area contributed by atoms with E-state index in [1.807, 2.05) is 84.9 Å². The van der Waals surface area contributed by atoms with Gasteiger partial charge in [-0.25, -0.2) is 9.36 Å². The van der Waals surface area contributed by atoms with Gasteiger partial charge in [0.2, 0.25) is 0 Å². The van der Waals surface area contributed by atoms with Crippen LogP contribution in [0.1, 0.15) is 105 Å². The number of fused-ring (bicyclic) bond motifs is 3. The number of ether oxygens (including phenoxy) is 3. The van der Waals surface area contributed by atoms with Crippen LogP contribution in [-0.2, 0) is 63.9 Å². The third-order valence-electron chi connectivity index (χ3n) is 14.4. The van der Waals surface area contributed by atoms with Gasteiger partial charge in [0.1, 0.15) is 17.0 Å². The van der Waals surface area contributed by atoms with E-state index >= 15 is 0 Å². The standard InChI is InChI=1S/C55H61ClF3N2O9P/c1-38(35-67-49-23-28-60-48-20-10-13-39(2)50(48)49)31-43-32-42-21-22-46(66-29-12-30-68-71(64,69-36-40-14-6-4-7-15-40)70-37-41-16-8-5-9-17-41)34-47(42)53(43)24-26-54(27-25-53,52(63)65-3)61(51(62)55(57,58)59)45-19-11-18-44(56)33-45/h4-9,11,14-19,21-23,28,33-34,38-39,43H,10,12-13,20,24-27,29-32,35-37H2,1-3H3/t38-,39-,43+,53?,54?/m1/s1. The van der Waals surface area contributed by atoms with Gasteiger partial charge in [-0.2, -0.15) is 13.2 Å². The van der Waals surface area contributed by atoms with Gasteiger partial charge in [0.15, 0.2) is 0 Å². The van der Waals surface area contributed by atoms with E-state index in [1.54, 1.807) is 6.20 Å². The summed E-state index contributed by atoms with van der Waals surface area (Å²) in [7, 11) is -2.88. The van der Waals surface area contributed by atoms with Gasteiger partial charge in [-0.15, -0.1) is 0 Å². The number of benzene rings is 4. The van der Waals surface area contributed by atoms with E-state index in [1.165, 1.54) is 29.8 Å². The maximum Gasteiger partial charge on any atom is 0.475 e. The minimum absolute atomic E-state index is 0.000436. The number of hydrogen-bond donors (Lipinski definition) is 0. The molecule has 8 rings (SSSR count). The molecule has 0 aliphatic heterocycles.